The molecule has 1 aromatic carbocycles. The lowest BCUT2D eigenvalue weighted by molar-refractivity contribution is -0.139. The third-order valence-electron chi connectivity index (χ3n) is 4.14. The Hall–Kier alpha value is -2.47. The maximum absolute atomic E-state index is 12.9. The highest BCUT2D eigenvalue weighted by Gasteiger charge is 2.38. The molecule has 0 radical (unpaired) electrons. The Labute approximate surface area is 139 Å². The lowest BCUT2D eigenvalue weighted by Gasteiger charge is -2.20. The Morgan fingerprint density at radius 3 is 2.67 bits per heavy atom. The van der Waals surface area contributed by atoms with Gasteiger partial charge in [-0.1, -0.05) is 0 Å². The van der Waals surface area contributed by atoms with E-state index < -0.39 is 5.60 Å². The van der Waals surface area contributed by atoms with E-state index in [2.05, 4.69) is 10.3 Å². The summed E-state index contributed by atoms with van der Waals surface area (Å²) in [6, 6.07) is 9.10. The highest BCUT2D eigenvalue weighted by molar-refractivity contribution is 5.85. The van der Waals surface area contributed by atoms with Crippen molar-refractivity contribution in [2.24, 2.45) is 0 Å². The number of carbonyl (C=O) groups is 1. The topological polar surface area (TPSA) is 71.5 Å². The number of pyridine rings is 1. The molecule has 126 valence electrons. The van der Waals surface area contributed by atoms with Crippen molar-refractivity contribution in [2.75, 3.05) is 0 Å². The molecule has 5 nitrogen and oxygen atoms in total. The quantitative estimate of drug-likeness (QED) is 0.884. The number of benzene rings is 1. The summed E-state index contributed by atoms with van der Waals surface area (Å²) in [7, 11) is 0. The van der Waals surface area contributed by atoms with Crippen molar-refractivity contribution in [2.45, 2.75) is 37.8 Å². The molecule has 0 unspecified atom stereocenters. The zero-order valence-electron chi connectivity index (χ0n) is 13.2. The Balaban J connectivity index is 1.60. The van der Waals surface area contributed by atoms with Gasteiger partial charge in [0.1, 0.15) is 17.2 Å². The van der Waals surface area contributed by atoms with Gasteiger partial charge in [-0.3, -0.25) is 4.79 Å². The van der Waals surface area contributed by atoms with Crippen LogP contribution in [-0.4, -0.2) is 21.6 Å². The summed E-state index contributed by atoms with van der Waals surface area (Å²) < 4.78 is 18.5. The maximum atomic E-state index is 12.9. The summed E-state index contributed by atoms with van der Waals surface area (Å²) in [5, 5.41) is 13.0. The summed E-state index contributed by atoms with van der Waals surface area (Å²) in [6.45, 7) is 0.281. The van der Waals surface area contributed by atoms with Crippen molar-refractivity contribution in [1.29, 1.82) is 0 Å². The summed E-state index contributed by atoms with van der Waals surface area (Å²) >= 11 is 0. The molecule has 0 spiro atoms. The number of carbonyl (C=O) groups excluding carboxylic acids is 1. The number of nitrogens with zero attached hydrogens (tertiary/aromatic N) is 1. The van der Waals surface area contributed by atoms with E-state index in [1.807, 2.05) is 0 Å². The molecule has 24 heavy (non-hydrogen) atoms. The first-order valence-corrected chi connectivity index (χ1v) is 7.94. The van der Waals surface area contributed by atoms with Gasteiger partial charge in [-0.2, -0.15) is 0 Å². The molecule has 0 saturated heterocycles. The first kappa shape index (κ1) is 16.4. The lowest BCUT2D eigenvalue weighted by atomic mass is 10.0. The number of halogens is 1. The molecule has 1 aromatic heterocycles. The molecule has 3 rings (SSSR count). The fraction of sp³-hybridized carbons (Fsp3) is 0.333. The molecule has 1 aliphatic carbocycles. The number of hydrogen-bond acceptors (Lipinski definition) is 4. The number of aromatic nitrogens is 1. The van der Waals surface area contributed by atoms with E-state index in [1.54, 1.807) is 18.3 Å². The van der Waals surface area contributed by atoms with E-state index in [-0.39, 0.29) is 18.3 Å². The van der Waals surface area contributed by atoms with E-state index in [9.17, 15) is 14.3 Å². The predicted molar refractivity (Wildman–Crippen MR) is 86.0 cm³/mol. The number of hydrogen-bond donors (Lipinski definition) is 2. The van der Waals surface area contributed by atoms with Crippen LogP contribution in [0.15, 0.2) is 42.6 Å². The first-order valence-electron chi connectivity index (χ1n) is 7.94. The zero-order valence-corrected chi connectivity index (χ0v) is 13.2. The summed E-state index contributed by atoms with van der Waals surface area (Å²) in [5.74, 6) is 0.160. The van der Waals surface area contributed by atoms with Crippen molar-refractivity contribution in [1.82, 2.24) is 10.3 Å². The van der Waals surface area contributed by atoms with Gasteiger partial charge in [0.15, 0.2) is 0 Å². The van der Waals surface area contributed by atoms with Crippen LogP contribution in [0.2, 0.25) is 0 Å². The molecule has 1 heterocycles. The van der Waals surface area contributed by atoms with Gasteiger partial charge in [0.05, 0.1) is 0 Å². The average molecular weight is 330 g/mol. The first-order chi connectivity index (χ1) is 11.5. The monoisotopic (exact) mass is 330 g/mol. The Kier molecular flexibility index (Phi) is 4.76. The number of nitrogens with one attached hydrogen (secondary N) is 1. The van der Waals surface area contributed by atoms with Gasteiger partial charge in [0.2, 0.25) is 5.88 Å². The van der Waals surface area contributed by atoms with Crippen LogP contribution in [0.25, 0.3) is 0 Å². The molecule has 0 aliphatic heterocycles. The molecule has 6 heteroatoms. The highest BCUT2D eigenvalue weighted by atomic mass is 19.1. The van der Waals surface area contributed by atoms with E-state index in [0.717, 1.165) is 18.4 Å². The van der Waals surface area contributed by atoms with Crippen molar-refractivity contribution in [3.05, 3.63) is 54.0 Å². The number of ether oxygens (including phenoxy) is 1. The smallest absolute Gasteiger partial charge is 0.252 e. The van der Waals surface area contributed by atoms with Crippen LogP contribution in [0.3, 0.4) is 0 Å². The minimum Gasteiger partial charge on any atom is -0.439 e. The van der Waals surface area contributed by atoms with Crippen LogP contribution >= 0.6 is 0 Å². The Morgan fingerprint density at radius 2 is 1.96 bits per heavy atom. The largest absolute Gasteiger partial charge is 0.439 e. The minimum atomic E-state index is -1.24. The summed E-state index contributed by atoms with van der Waals surface area (Å²) in [6.07, 6.45) is 4.33. The van der Waals surface area contributed by atoms with Gasteiger partial charge < -0.3 is 15.2 Å². The van der Waals surface area contributed by atoms with Crippen LogP contribution in [0.4, 0.5) is 4.39 Å². The third-order valence-corrected chi connectivity index (χ3v) is 4.14. The summed E-state index contributed by atoms with van der Waals surface area (Å²) in [4.78, 5) is 16.2. The third kappa shape index (κ3) is 3.89. The van der Waals surface area contributed by atoms with Crippen LogP contribution < -0.4 is 10.1 Å². The van der Waals surface area contributed by atoms with Gasteiger partial charge in [0, 0.05) is 18.8 Å². The molecule has 2 aromatic rings. The van der Waals surface area contributed by atoms with E-state index in [1.165, 1.54) is 24.3 Å². The SMILES string of the molecule is O=C(NCc1ccnc(Oc2ccc(F)cc2)c1)C1(O)CCCC1. The molecule has 0 bridgehead atoms. The second-order valence-electron chi connectivity index (χ2n) is 5.98. The molecule has 1 fully saturated rings. The molecular formula is C18H19FN2O3. The second kappa shape index (κ2) is 6.97. The molecular weight excluding hydrogens is 311 g/mol. The predicted octanol–water partition coefficient (Wildman–Crippen LogP) is 2.93. The standard InChI is InChI=1S/C18H19FN2O3/c19-14-3-5-15(6-4-14)24-16-11-13(7-10-20-16)12-21-17(22)18(23)8-1-2-9-18/h3-7,10-11,23H,1-2,8-9,12H2,(H,21,22). The fourth-order valence-electron chi connectivity index (χ4n) is 2.77. The average Bonchev–Trinajstić information content (AvgIpc) is 3.03. The van der Waals surface area contributed by atoms with Crippen molar-refractivity contribution < 1.29 is 19.0 Å². The highest BCUT2D eigenvalue weighted by Crippen LogP contribution is 2.29. The lowest BCUT2D eigenvalue weighted by Crippen LogP contribution is -2.44. The van der Waals surface area contributed by atoms with Gasteiger partial charge in [-0.15, -0.1) is 0 Å². The van der Waals surface area contributed by atoms with Gasteiger partial charge in [-0.05, 0) is 61.6 Å². The molecule has 0 atom stereocenters. The van der Waals surface area contributed by atoms with Gasteiger partial charge >= 0.3 is 0 Å². The Bertz CT molecular complexity index is 712. The van der Waals surface area contributed by atoms with Crippen molar-refractivity contribution in [3.63, 3.8) is 0 Å². The maximum Gasteiger partial charge on any atom is 0.252 e. The van der Waals surface area contributed by atoms with Crippen LogP contribution in [-0.2, 0) is 11.3 Å². The van der Waals surface area contributed by atoms with Crippen LogP contribution in [0.1, 0.15) is 31.2 Å². The number of rotatable bonds is 5. The van der Waals surface area contributed by atoms with Gasteiger partial charge in [-0.25, -0.2) is 9.37 Å². The zero-order chi connectivity index (χ0) is 17.0. The molecule has 1 saturated carbocycles. The molecule has 2 N–H and O–H groups in total. The Morgan fingerprint density at radius 1 is 1.25 bits per heavy atom. The van der Waals surface area contributed by atoms with Gasteiger partial charge in [0.25, 0.3) is 5.91 Å². The second-order valence-corrected chi connectivity index (χ2v) is 5.98. The van der Waals surface area contributed by atoms with Crippen LogP contribution in [0.5, 0.6) is 11.6 Å². The van der Waals surface area contributed by atoms with E-state index in [4.69, 9.17) is 4.74 Å². The molecule has 1 amide bonds. The number of aliphatic hydroxyl groups is 1. The summed E-state index contributed by atoms with van der Waals surface area (Å²) in [5.41, 5.74) is -0.433. The van der Waals surface area contributed by atoms with Crippen molar-refractivity contribution >= 4 is 5.91 Å². The fourth-order valence-corrected chi connectivity index (χ4v) is 2.77. The number of amides is 1. The van der Waals surface area contributed by atoms with E-state index in [0.29, 0.717) is 24.5 Å². The van der Waals surface area contributed by atoms with Crippen molar-refractivity contribution in [3.8, 4) is 11.6 Å². The minimum absolute atomic E-state index is 0.281. The normalized spacial score (nSPS) is 15.9. The van der Waals surface area contributed by atoms with E-state index >= 15 is 0 Å². The molecule has 1 aliphatic rings. The van der Waals surface area contributed by atoms with Crippen LogP contribution in [0, 0.1) is 5.82 Å².